The fourth-order valence-electron chi connectivity index (χ4n) is 4.95. The van der Waals surface area contributed by atoms with Gasteiger partial charge in [-0.25, -0.2) is 9.78 Å². The van der Waals surface area contributed by atoms with Crippen LogP contribution in [0.3, 0.4) is 0 Å². The molecule has 0 amide bonds. The summed E-state index contributed by atoms with van der Waals surface area (Å²) in [7, 11) is 0. The molecule has 2 fully saturated rings. The fourth-order valence-corrected chi connectivity index (χ4v) is 7.31. The van der Waals surface area contributed by atoms with Gasteiger partial charge < -0.3 is 15.3 Å². The van der Waals surface area contributed by atoms with Crippen LogP contribution in [0, 0.1) is 11.3 Å². The number of hydrogen-bond donors (Lipinski definition) is 3. The summed E-state index contributed by atoms with van der Waals surface area (Å²) in [6.45, 7) is 0.0271. The van der Waals surface area contributed by atoms with Crippen molar-refractivity contribution < 1.29 is 20.1 Å². The van der Waals surface area contributed by atoms with E-state index >= 15 is 0 Å². The maximum absolute atomic E-state index is 11.0. The molecule has 8 heteroatoms. The Kier molecular flexibility index (Phi) is 7.28. The topological polar surface area (TPSA) is 90.7 Å². The zero-order valence-electron chi connectivity index (χ0n) is 17.2. The average molecular weight is 482 g/mol. The number of carboxylic acids is 1. The van der Waals surface area contributed by atoms with Gasteiger partial charge >= 0.3 is 5.97 Å². The Morgan fingerprint density at radius 3 is 2.61 bits per heavy atom. The molecule has 5 nitrogen and oxygen atoms in total. The average Bonchev–Trinajstić information content (AvgIpc) is 3.35. The summed E-state index contributed by atoms with van der Waals surface area (Å²) in [4.78, 5) is 15.5. The van der Waals surface area contributed by atoms with E-state index in [-0.39, 0.29) is 22.3 Å². The molecule has 4 unspecified atom stereocenters. The number of aliphatic hydroxyl groups excluding tert-OH is 2. The molecule has 1 aromatic carbocycles. The minimum Gasteiger partial charge on any atom is -0.477 e. The van der Waals surface area contributed by atoms with Gasteiger partial charge in [0.2, 0.25) is 0 Å². The Morgan fingerprint density at radius 1 is 1.29 bits per heavy atom. The third-order valence-corrected chi connectivity index (χ3v) is 9.75. The van der Waals surface area contributed by atoms with E-state index in [0.717, 1.165) is 54.2 Å². The largest absolute Gasteiger partial charge is 0.477 e. The number of rotatable bonds is 9. The summed E-state index contributed by atoms with van der Waals surface area (Å²) >= 11 is 9.48. The van der Waals surface area contributed by atoms with Crippen LogP contribution in [-0.2, 0) is 0 Å². The highest BCUT2D eigenvalue weighted by Gasteiger charge is 2.43. The Balaban J connectivity index is 1.38. The van der Waals surface area contributed by atoms with Crippen LogP contribution in [0.15, 0.2) is 34.8 Å². The molecule has 4 atom stereocenters. The minimum atomic E-state index is -0.934. The Bertz CT molecular complexity index is 894. The number of halogens is 1. The lowest BCUT2D eigenvalue weighted by Gasteiger charge is -2.44. The van der Waals surface area contributed by atoms with Gasteiger partial charge in [0.25, 0.3) is 0 Å². The first-order valence-corrected chi connectivity index (χ1v) is 13.0. The summed E-state index contributed by atoms with van der Waals surface area (Å²) in [5, 5.41) is 29.7. The van der Waals surface area contributed by atoms with Crippen molar-refractivity contribution in [2.75, 3.05) is 12.4 Å². The highest BCUT2D eigenvalue weighted by Crippen LogP contribution is 2.50. The maximum Gasteiger partial charge on any atom is 0.347 e. The summed E-state index contributed by atoms with van der Waals surface area (Å²) < 4.78 is 0.783. The van der Waals surface area contributed by atoms with Gasteiger partial charge in [-0.05, 0) is 55.1 Å². The molecule has 0 saturated heterocycles. The summed E-state index contributed by atoms with van der Waals surface area (Å²) in [5.74, 6) is 0.666. The number of aromatic nitrogens is 1. The predicted octanol–water partition coefficient (Wildman–Crippen LogP) is 5.32. The number of aromatic carboxylic acids is 1. The van der Waals surface area contributed by atoms with Gasteiger partial charge in [-0.1, -0.05) is 42.4 Å². The second-order valence-corrected chi connectivity index (χ2v) is 11.7. The number of benzene rings is 1. The van der Waals surface area contributed by atoms with Crippen LogP contribution in [0.2, 0.25) is 0 Å². The van der Waals surface area contributed by atoms with E-state index in [0.29, 0.717) is 11.8 Å². The summed E-state index contributed by atoms with van der Waals surface area (Å²) in [6.07, 6.45) is 6.58. The first-order valence-electron chi connectivity index (χ1n) is 10.8. The second-order valence-electron chi connectivity index (χ2n) is 8.74. The third kappa shape index (κ3) is 4.81. The fraction of sp³-hybridized carbons (Fsp3) is 0.565. The number of hydrogen-bond acceptors (Lipinski definition) is 6. The third-order valence-electron chi connectivity index (χ3n) is 7.03. The molecule has 3 N–H and O–H groups in total. The zero-order chi connectivity index (χ0) is 22.0. The number of thiazole rings is 1. The van der Waals surface area contributed by atoms with Gasteiger partial charge in [-0.15, -0.1) is 22.9 Å². The van der Waals surface area contributed by atoms with Gasteiger partial charge in [0.15, 0.2) is 4.34 Å². The molecule has 2 aliphatic rings. The normalized spacial score (nSPS) is 25.8. The van der Waals surface area contributed by atoms with Crippen molar-refractivity contribution in [2.45, 2.75) is 60.3 Å². The molecular formula is C23H28ClNO4S2. The smallest absolute Gasteiger partial charge is 0.347 e. The number of alkyl halides is 1. The molecule has 2 aliphatic carbocycles. The number of carbonyl (C=O) groups is 1. The molecule has 0 aliphatic heterocycles. The van der Waals surface area contributed by atoms with Crippen molar-refractivity contribution in [2.24, 2.45) is 11.3 Å². The number of thioether (sulfide) groups is 1. The quantitative estimate of drug-likeness (QED) is 0.331. The van der Waals surface area contributed by atoms with Gasteiger partial charge in [-0.3, -0.25) is 0 Å². The van der Waals surface area contributed by atoms with E-state index in [4.69, 9.17) is 16.7 Å². The monoisotopic (exact) mass is 481 g/mol. The second kappa shape index (κ2) is 9.79. The Labute approximate surface area is 195 Å². The van der Waals surface area contributed by atoms with Crippen molar-refractivity contribution in [1.82, 2.24) is 4.98 Å². The van der Waals surface area contributed by atoms with Crippen molar-refractivity contribution >= 4 is 40.7 Å². The Hall–Kier alpha value is -1.12. The van der Waals surface area contributed by atoms with Crippen molar-refractivity contribution in [3.63, 3.8) is 0 Å². The highest BCUT2D eigenvalue weighted by molar-refractivity contribution is 8.01. The SMILES string of the molecule is O=C(O)c1cnc(SCCC2C(Cl)CCC2c2ccc(C(O)C3(CO)CCC3)cc2)s1. The van der Waals surface area contributed by atoms with Crippen LogP contribution >= 0.6 is 34.7 Å². The van der Waals surface area contributed by atoms with Crippen LogP contribution in [-0.4, -0.2) is 44.0 Å². The molecule has 4 rings (SSSR count). The van der Waals surface area contributed by atoms with E-state index in [2.05, 4.69) is 17.1 Å². The molecular weight excluding hydrogens is 454 g/mol. The van der Waals surface area contributed by atoms with Crippen molar-refractivity contribution in [1.29, 1.82) is 0 Å². The van der Waals surface area contributed by atoms with Crippen LogP contribution in [0.25, 0.3) is 0 Å². The lowest BCUT2D eigenvalue weighted by molar-refractivity contribution is -0.0734. The first-order chi connectivity index (χ1) is 14.9. The summed E-state index contributed by atoms with van der Waals surface area (Å²) in [5.41, 5.74) is 1.76. The zero-order valence-corrected chi connectivity index (χ0v) is 19.6. The van der Waals surface area contributed by atoms with Crippen LogP contribution < -0.4 is 0 Å². The summed E-state index contributed by atoms with van der Waals surface area (Å²) in [6, 6.07) is 8.24. The lowest BCUT2D eigenvalue weighted by Crippen LogP contribution is -2.39. The number of aliphatic hydroxyl groups is 2. The van der Waals surface area contributed by atoms with Gasteiger partial charge in [-0.2, -0.15) is 0 Å². The molecule has 0 spiro atoms. The van der Waals surface area contributed by atoms with E-state index in [1.807, 2.05) is 12.1 Å². The van der Waals surface area contributed by atoms with Crippen LogP contribution in [0.5, 0.6) is 0 Å². The van der Waals surface area contributed by atoms with Crippen LogP contribution in [0.4, 0.5) is 0 Å². The maximum atomic E-state index is 11.0. The van der Waals surface area contributed by atoms with Gasteiger partial charge in [0, 0.05) is 16.5 Å². The first kappa shape index (κ1) is 23.1. The molecule has 1 heterocycles. The molecule has 1 aromatic heterocycles. The van der Waals surface area contributed by atoms with Crippen molar-refractivity contribution in [3.05, 3.63) is 46.5 Å². The van der Waals surface area contributed by atoms with E-state index in [9.17, 15) is 15.0 Å². The van der Waals surface area contributed by atoms with E-state index in [1.165, 1.54) is 23.1 Å². The minimum absolute atomic E-state index is 0.0271. The van der Waals surface area contributed by atoms with Crippen molar-refractivity contribution in [3.8, 4) is 0 Å². The molecule has 0 radical (unpaired) electrons. The molecule has 2 aromatic rings. The lowest BCUT2D eigenvalue weighted by atomic mass is 9.64. The standard InChI is InChI=1S/C23H28ClNO4S2/c24-18-7-6-16(17(18)8-11-30-22-25-12-19(31-22)21(28)29)14-2-4-15(5-3-14)20(27)23(13-26)9-1-10-23/h2-5,12,16-18,20,26-27H,1,6-11,13H2,(H,28,29). The molecule has 0 bridgehead atoms. The molecule has 2 saturated carbocycles. The van der Waals surface area contributed by atoms with Gasteiger partial charge in [0.1, 0.15) is 4.88 Å². The Morgan fingerprint density at radius 2 is 2.03 bits per heavy atom. The predicted molar refractivity (Wildman–Crippen MR) is 124 cm³/mol. The number of carboxylic acid groups (broad SMARTS) is 1. The van der Waals surface area contributed by atoms with E-state index < -0.39 is 12.1 Å². The highest BCUT2D eigenvalue weighted by atomic mass is 35.5. The number of nitrogens with zero attached hydrogens (tertiary/aromatic N) is 1. The van der Waals surface area contributed by atoms with E-state index in [1.54, 1.807) is 11.8 Å². The molecule has 31 heavy (non-hydrogen) atoms. The van der Waals surface area contributed by atoms with Crippen LogP contribution in [0.1, 0.15) is 71.3 Å². The molecule has 168 valence electrons. The van der Waals surface area contributed by atoms with Gasteiger partial charge in [0.05, 0.1) is 18.9 Å².